The van der Waals surface area contributed by atoms with Gasteiger partial charge < -0.3 is 0 Å². The third kappa shape index (κ3) is 3.04. The zero-order chi connectivity index (χ0) is 18.3. The van der Waals surface area contributed by atoms with E-state index in [0.29, 0.717) is 37.0 Å². The molecule has 0 aliphatic rings. The molecule has 0 aliphatic heterocycles. The first kappa shape index (κ1) is 17.6. The molecule has 0 radical (unpaired) electrons. The van der Waals surface area contributed by atoms with Gasteiger partial charge in [-0.2, -0.15) is 0 Å². The van der Waals surface area contributed by atoms with E-state index in [1.807, 2.05) is 30.3 Å². The van der Waals surface area contributed by atoms with Gasteiger partial charge in [-0.3, -0.25) is 4.98 Å². The van der Waals surface area contributed by atoms with Crippen molar-refractivity contribution in [2.24, 2.45) is 0 Å². The van der Waals surface area contributed by atoms with Crippen LogP contribution in [-0.4, -0.2) is 9.97 Å². The van der Waals surface area contributed by atoms with Gasteiger partial charge in [0.25, 0.3) is 0 Å². The van der Waals surface area contributed by atoms with Crippen LogP contribution in [0.15, 0.2) is 60.8 Å². The van der Waals surface area contributed by atoms with Gasteiger partial charge in [0.2, 0.25) is 0 Å². The molecule has 0 bridgehead atoms. The summed E-state index contributed by atoms with van der Waals surface area (Å²) < 4.78 is 0. The Morgan fingerprint density at radius 2 is 1.38 bits per heavy atom. The molecule has 0 fully saturated rings. The van der Waals surface area contributed by atoms with Crippen LogP contribution < -0.4 is 0 Å². The highest BCUT2D eigenvalue weighted by Gasteiger charge is 2.17. The Kier molecular flexibility index (Phi) is 4.76. The molecule has 128 valence electrons. The average Bonchev–Trinajstić information content (AvgIpc) is 2.62. The molecule has 0 spiro atoms. The summed E-state index contributed by atoms with van der Waals surface area (Å²) in [6.07, 6.45) is 1.70. The summed E-state index contributed by atoms with van der Waals surface area (Å²) >= 11 is 25.5. The first-order valence-corrected chi connectivity index (χ1v) is 9.22. The van der Waals surface area contributed by atoms with Gasteiger partial charge in [0, 0.05) is 27.7 Å². The summed E-state index contributed by atoms with van der Waals surface area (Å²) in [7, 11) is 0. The van der Waals surface area contributed by atoms with Crippen molar-refractivity contribution in [3.05, 3.63) is 81.0 Å². The van der Waals surface area contributed by atoms with Crippen LogP contribution >= 0.6 is 46.4 Å². The van der Waals surface area contributed by atoms with Crippen molar-refractivity contribution in [1.82, 2.24) is 9.97 Å². The minimum atomic E-state index is 0.338. The molecule has 2 aromatic carbocycles. The number of rotatable bonds is 2. The van der Waals surface area contributed by atoms with Crippen molar-refractivity contribution in [3.8, 4) is 22.4 Å². The molecular formula is C20H10Cl4N2. The van der Waals surface area contributed by atoms with E-state index in [4.69, 9.17) is 46.4 Å². The van der Waals surface area contributed by atoms with Gasteiger partial charge >= 0.3 is 0 Å². The van der Waals surface area contributed by atoms with Crippen LogP contribution in [0.3, 0.4) is 0 Å². The molecular weight excluding hydrogens is 410 g/mol. The first-order chi connectivity index (χ1) is 12.6. The van der Waals surface area contributed by atoms with Crippen molar-refractivity contribution in [1.29, 1.82) is 0 Å². The number of halogens is 4. The van der Waals surface area contributed by atoms with Crippen LogP contribution in [0.5, 0.6) is 0 Å². The van der Waals surface area contributed by atoms with Gasteiger partial charge in [-0.15, -0.1) is 0 Å². The van der Waals surface area contributed by atoms with Crippen molar-refractivity contribution in [2.75, 3.05) is 0 Å². The van der Waals surface area contributed by atoms with Gasteiger partial charge in [-0.05, 0) is 35.9 Å². The van der Waals surface area contributed by atoms with Crippen LogP contribution in [0, 0.1) is 0 Å². The fourth-order valence-corrected chi connectivity index (χ4v) is 3.94. The quantitative estimate of drug-likeness (QED) is 0.313. The maximum Gasteiger partial charge on any atom is 0.130 e. The fourth-order valence-electron chi connectivity index (χ4n) is 2.93. The van der Waals surface area contributed by atoms with E-state index in [2.05, 4.69) is 9.97 Å². The summed E-state index contributed by atoms with van der Waals surface area (Å²) in [5.41, 5.74) is 3.56. The third-order valence-corrected chi connectivity index (χ3v) is 5.21. The Morgan fingerprint density at radius 1 is 0.692 bits per heavy atom. The minimum Gasteiger partial charge on any atom is -0.254 e. The van der Waals surface area contributed by atoms with Gasteiger partial charge in [0.1, 0.15) is 5.15 Å². The molecule has 0 atom stereocenters. The largest absolute Gasteiger partial charge is 0.254 e. The van der Waals surface area contributed by atoms with Crippen molar-refractivity contribution < 1.29 is 0 Å². The Morgan fingerprint density at radius 3 is 2.12 bits per heavy atom. The van der Waals surface area contributed by atoms with Gasteiger partial charge in [0.05, 0.1) is 21.3 Å². The van der Waals surface area contributed by atoms with Gasteiger partial charge in [-0.25, -0.2) is 4.98 Å². The highest BCUT2D eigenvalue weighted by Crippen LogP contribution is 2.40. The zero-order valence-electron chi connectivity index (χ0n) is 13.2. The van der Waals surface area contributed by atoms with Crippen LogP contribution in [0.25, 0.3) is 33.3 Å². The lowest BCUT2D eigenvalue weighted by Gasteiger charge is -2.13. The van der Waals surface area contributed by atoms with E-state index in [-0.39, 0.29) is 0 Å². The van der Waals surface area contributed by atoms with E-state index in [9.17, 15) is 0 Å². The molecule has 0 unspecified atom stereocenters. The molecule has 2 aromatic heterocycles. The molecule has 0 saturated heterocycles. The van der Waals surface area contributed by atoms with E-state index in [1.165, 1.54) is 0 Å². The molecule has 0 N–H and O–H groups in total. The molecule has 0 aliphatic carbocycles. The second-order valence-corrected chi connectivity index (χ2v) is 7.23. The lowest BCUT2D eigenvalue weighted by Crippen LogP contribution is -1.94. The van der Waals surface area contributed by atoms with Gasteiger partial charge in [-0.1, -0.05) is 70.7 Å². The van der Waals surface area contributed by atoms with E-state index < -0.39 is 0 Å². The van der Waals surface area contributed by atoms with E-state index in [1.54, 1.807) is 30.5 Å². The Labute approximate surface area is 170 Å². The molecule has 2 nitrogen and oxygen atoms in total. The number of benzene rings is 2. The predicted molar refractivity (Wildman–Crippen MR) is 110 cm³/mol. The maximum atomic E-state index is 6.40. The van der Waals surface area contributed by atoms with E-state index >= 15 is 0 Å². The normalized spacial score (nSPS) is 11.1. The summed E-state index contributed by atoms with van der Waals surface area (Å²) in [5.74, 6) is 0. The summed E-state index contributed by atoms with van der Waals surface area (Å²) in [4.78, 5) is 8.97. The molecule has 26 heavy (non-hydrogen) atoms. The number of aromatic nitrogens is 2. The average molecular weight is 420 g/mol. The predicted octanol–water partition coefficient (Wildman–Crippen LogP) is 7.58. The number of fused-ring (bicyclic) bond motifs is 1. The summed E-state index contributed by atoms with van der Waals surface area (Å²) in [5, 5.41) is 2.83. The topological polar surface area (TPSA) is 25.8 Å². The third-order valence-electron chi connectivity index (χ3n) is 4.06. The fraction of sp³-hybridized carbons (Fsp3) is 0. The molecule has 6 heteroatoms. The second-order valence-electron chi connectivity index (χ2n) is 5.62. The number of hydrogen-bond acceptors (Lipinski definition) is 2. The molecule has 0 amide bonds. The Hall–Kier alpha value is -1.84. The number of nitrogens with zero attached hydrogens (tertiary/aromatic N) is 2. The Bertz CT molecular complexity index is 1120. The molecule has 4 aromatic rings. The SMILES string of the molecule is Clc1cc(-c2ccccc2Cl)c2ccnc(-c3c(Cl)cccc3Cl)c2n1. The number of pyridine rings is 2. The molecule has 2 heterocycles. The molecule has 4 rings (SSSR count). The maximum absolute atomic E-state index is 6.40. The van der Waals surface area contributed by atoms with E-state index in [0.717, 1.165) is 16.5 Å². The smallest absolute Gasteiger partial charge is 0.130 e. The standard InChI is InChI=1S/C20H10Cl4N2/c21-14-5-2-1-4-11(14)13-10-17(24)26-19-12(13)8-9-25-20(19)18-15(22)6-3-7-16(18)23/h1-10H. The highest BCUT2D eigenvalue weighted by molar-refractivity contribution is 6.39. The van der Waals surface area contributed by atoms with Crippen molar-refractivity contribution in [3.63, 3.8) is 0 Å². The zero-order valence-corrected chi connectivity index (χ0v) is 16.2. The first-order valence-electron chi connectivity index (χ1n) is 7.71. The van der Waals surface area contributed by atoms with Crippen LogP contribution in [-0.2, 0) is 0 Å². The lowest BCUT2D eigenvalue weighted by molar-refractivity contribution is 1.31. The molecule has 0 saturated carbocycles. The monoisotopic (exact) mass is 418 g/mol. The Balaban J connectivity index is 2.10. The summed E-state index contributed by atoms with van der Waals surface area (Å²) in [6.45, 7) is 0. The van der Waals surface area contributed by atoms with Crippen molar-refractivity contribution >= 4 is 57.3 Å². The van der Waals surface area contributed by atoms with Crippen LogP contribution in [0.4, 0.5) is 0 Å². The number of hydrogen-bond donors (Lipinski definition) is 0. The second kappa shape index (κ2) is 7.05. The summed E-state index contributed by atoms with van der Waals surface area (Å²) in [6, 6.07) is 16.6. The van der Waals surface area contributed by atoms with Crippen molar-refractivity contribution in [2.45, 2.75) is 0 Å². The van der Waals surface area contributed by atoms with Crippen LogP contribution in [0.2, 0.25) is 20.2 Å². The lowest BCUT2D eigenvalue weighted by atomic mass is 9.99. The highest BCUT2D eigenvalue weighted by atomic mass is 35.5. The van der Waals surface area contributed by atoms with Gasteiger partial charge in [0.15, 0.2) is 0 Å². The van der Waals surface area contributed by atoms with Crippen LogP contribution in [0.1, 0.15) is 0 Å². The minimum absolute atomic E-state index is 0.338.